The SMILES string of the molecule is C#Cc1c(F)ccc2cc(N)cc(-c3c(Cl)cc4c(N5CC6CCC(C5)N6)nc(OCC56CCCN5CC(F)C6)nc4c3F)c12. The number of benzene rings is 3. The predicted octanol–water partition coefficient (Wildman–Crippen LogP) is 5.84. The van der Waals surface area contributed by atoms with Crippen LogP contribution in [0.25, 0.3) is 32.8 Å². The van der Waals surface area contributed by atoms with Gasteiger partial charge >= 0.3 is 6.01 Å². The van der Waals surface area contributed by atoms with E-state index >= 15 is 4.39 Å². The quantitative estimate of drug-likeness (QED) is 0.211. The maximum Gasteiger partial charge on any atom is 0.319 e. The van der Waals surface area contributed by atoms with E-state index in [1.807, 2.05) is 0 Å². The van der Waals surface area contributed by atoms with Crippen molar-refractivity contribution < 1.29 is 17.9 Å². The number of alkyl halides is 1. The third kappa shape index (κ3) is 4.67. The molecule has 0 amide bonds. The van der Waals surface area contributed by atoms with Gasteiger partial charge in [-0.1, -0.05) is 23.6 Å². The number of piperazine rings is 1. The van der Waals surface area contributed by atoms with Gasteiger partial charge < -0.3 is 20.7 Å². The molecule has 8 rings (SSSR count). The second-order valence-electron chi connectivity index (χ2n) is 12.9. The van der Waals surface area contributed by atoms with Crippen LogP contribution in [0, 0.1) is 24.0 Å². The zero-order valence-corrected chi connectivity index (χ0v) is 25.3. The maximum atomic E-state index is 17.0. The summed E-state index contributed by atoms with van der Waals surface area (Å²) >= 11 is 6.89. The van der Waals surface area contributed by atoms with Crippen LogP contribution >= 0.6 is 11.6 Å². The van der Waals surface area contributed by atoms with Crippen molar-refractivity contribution in [2.75, 3.05) is 43.4 Å². The standard InChI is InChI=1S/C34H32ClF3N6O/c1-2-23-27(37)7-4-18-10-20(39)11-24(28(18)23)29-26(35)12-25-31(30(29)38)41-33(42-32(25)43-15-21-5-6-22(16-43)40-21)45-17-34-8-3-9-44(34)14-19(36)13-34/h1,4,7,10-12,19,21-22,40H,3,5-6,8-9,13-17,39H2. The first-order valence-corrected chi connectivity index (χ1v) is 15.8. The zero-order chi connectivity index (χ0) is 31.0. The first-order chi connectivity index (χ1) is 21.7. The van der Waals surface area contributed by atoms with E-state index in [0.717, 1.165) is 32.2 Å². The Morgan fingerprint density at radius 1 is 1.13 bits per heavy atom. The van der Waals surface area contributed by atoms with Gasteiger partial charge in [0.05, 0.1) is 16.1 Å². The van der Waals surface area contributed by atoms with Gasteiger partial charge in [0.25, 0.3) is 0 Å². The van der Waals surface area contributed by atoms with Crippen LogP contribution < -0.4 is 20.7 Å². The Kier molecular flexibility index (Phi) is 6.79. The van der Waals surface area contributed by atoms with Gasteiger partial charge in [-0.3, -0.25) is 4.90 Å². The fourth-order valence-corrected chi connectivity index (χ4v) is 8.43. The third-order valence-corrected chi connectivity index (χ3v) is 10.4. The lowest BCUT2D eigenvalue weighted by molar-refractivity contribution is 0.107. The number of aromatic nitrogens is 2. The molecule has 5 heterocycles. The smallest absolute Gasteiger partial charge is 0.319 e. The first kappa shape index (κ1) is 28.7. The van der Waals surface area contributed by atoms with Crippen molar-refractivity contribution in [2.24, 2.45) is 0 Å². The number of fused-ring (bicyclic) bond motifs is 5. The molecule has 4 unspecified atom stereocenters. The summed E-state index contributed by atoms with van der Waals surface area (Å²) in [4.78, 5) is 13.7. The van der Waals surface area contributed by atoms with Crippen LogP contribution in [-0.2, 0) is 0 Å². The molecule has 4 atom stereocenters. The summed E-state index contributed by atoms with van der Waals surface area (Å²) in [6, 6.07) is 8.29. The summed E-state index contributed by atoms with van der Waals surface area (Å²) in [5.74, 6) is 1.62. The summed E-state index contributed by atoms with van der Waals surface area (Å²) in [7, 11) is 0. The second-order valence-corrected chi connectivity index (χ2v) is 13.3. The highest BCUT2D eigenvalue weighted by atomic mass is 35.5. The van der Waals surface area contributed by atoms with Crippen LogP contribution in [0.3, 0.4) is 0 Å². The Hall–Kier alpha value is -3.78. The lowest BCUT2D eigenvalue weighted by Gasteiger charge is -2.34. The summed E-state index contributed by atoms with van der Waals surface area (Å²) in [5, 5.41) is 5.04. The molecule has 7 nitrogen and oxygen atoms in total. The number of nitrogens with zero attached hydrogens (tertiary/aromatic N) is 4. The number of nitrogens with one attached hydrogen (secondary N) is 1. The summed E-state index contributed by atoms with van der Waals surface area (Å²) in [5.41, 5.74) is 6.44. The predicted molar refractivity (Wildman–Crippen MR) is 170 cm³/mol. The van der Waals surface area contributed by atoms with Crippen LogP contribution in [0.1, 0.15) is 37.7 Å². The van der Waals surface area contributed by atoms with Gasteiger partial charge in [-0.25, -0.2) is 13.2 Å². The van der Waals surface area contributed by atoms with Crippen molar-refractivity contribution in [1.82, 2.24) is 20.2 Å². The number of hydrogen-bond acceptors (Lipinski definition) is 7. The number of nitrogens with two attached hydrogens (primary N) is 1. The molecule has 2 bridgehead atoms. The largest absolute Gasteiger partial charge is 0.461 e. The summed E-state index contributed by atoms with van der Waals surface area (Å²) < 4.78 is 52.6. The van der Waals surface area contributed by atoms with Crippen molar-refractivity contribution in [3.05, 3.63) is 52.6 Å². The van der Waals surface area contributed by atoms with Crippen LogP contribution in [0.4, 0.5) is 24.7 Å². The fraction of sp³-hybridized carbons (Fsp3) is 0.412. The van der Waals surface area contributed by atoms with Gasteiger partial charge in [0.15, 0.2) is 5.82 Å². The number of rotatable bonds is 5. The van der Waals surface area contributed by atoms with Crippen molar-refractivity contribution in [2.45, 2.75) is 55.9 Å². The molecule has 232 valence electrons. The Labute approximate surface area is 263 Å². The molecule has 4 fully saturated rings. The molecular weight excluding hydrogens is 601 g/mol. The minimum Gasteiger partial charge on any atom is -0.461 e. The van der Waals surface area contributed by atoms with E-state index in [2.05, 4.69) is 26.0 Å². The number of terminal acetylenes is 1. The lowest BCUT2D eigenvalue weighted by Crippen LogP contribution is -2.51. The molecule has 0 spiro atoms. The first-order valence-electron chi connectivity index (χ1n) is 15.4. The molecule has 3 aromatic carbocycles. The van der Waals surface area contributed by atoms with E-state index in [9.17, 15) is 8.78 Å². The number of ether oxygens (including phenoxy) is 1. The van der Waals surface area contributed by atoms with E-state index in [1.165, 1.54) is 6.07 Å². The molecule has 4 aliphatic heterocycles. The Morgan fingerprint density at radius 2 is 1.93 bits per heavy atom. The number of nitrogen functional groups attached to an aromatic ring is 1. The molecule has 3 N–H and O–H groups in total. The van der Waals surface area contributed by atoms with Crippen LogP contribution in [0.5, 0.6) is 6.01 Å². The maximum absolute atomic E-state index is 17.0. The second kappa shape index (κ2) is 10.6. The molecule has 0 aliphatic carbocycles. The fourth-order valence-electron chi connectivity index (χ4n) is 8.13. The highest BCUT2D eigenvalue weighted by Gasteiger charge is 2.49. The Bertz CT molecular complexity index is 1900. The molecule has 45 heavy (non-hydrogen) atoms. The van der Waals surface area contributed by atoms with Crippen LogP contribution in [0.15, 0.2) is 30.3 Å². The van der Waals surface area contributed by atoms with Crippen molar-refractivity contribution >= 4 is 44.8 Å². The molecule has 1 aromatic heterocycles. The lowest BCUT2D eigenvalue weighted by atomic mass is 9.92. The van der Waals surface area contributed by atoms with Gasteiger partial charge in [-0.2, -0.15) is 9.97 Å². The van der Waals surface area contributed by atoms with E-state index in [1.54, 1.807) is 24.3 Å². The van der Waals surface area contributed by atoms with Crippen LogP contribution in [-0.4, -0.2) is 71.4 Å². The van der Waals surface area contributed by atoms with Gasteiger partial charge in [0.2, 0.25) is 0 Å². The Balaban J connectivity index is 1.30. The van der Waals surface area contributed by atoms with Gasteiger partial charge in [-0.05, 0) is 67.4 Å². The monoisotopic (exact) mass is 632 g/mol. The van der Waals surface area contributed by atoms with E-state index in [-0.39, 0.29) is 39.8 Å². The molecule has 4 aliphatic rings. The summed E-state index contributed by atoms with van der Waals surface area (Å²) in [6.07, 6.45) is 9.08. The van der Waals surface area contributed by atoms with E-state index in [0.29, 0.717) is 65.8 Å². The van der Waals surface area contributed by atoms with E-state index < -0.39 is 23.3 Å². The number of hydrogen-bond donors (Lipinski definition) is 2. The Morgan fingerprint density at radius 3 is 2.71 bits per heavy atom. The molecular formula is C34H32ClF3N6O. The highest BCUT2D eigenvalue weighted by Crippen LogP contribution is 2.44. The van der Waals surface area contributed by atoms with Gasteiger partial charge in [-0.15, -0.1) is 6.42 Å². The van der Waals surface area contributed by atoms with Gasteiger partial charge in [0, 0.05) is 60.2 Å². The molecule has 4 saturated heterocycles. The summed E-state index contributed by atoms with van der Waals surface area (Å²) in [6.45, 7) is 2.80. The number of halogens is 4. The molecule has 0 radical (unpaired) electrons. The average Bonchev–Trinajstić information content (AvgIpc) is 3.66. The van der Waals surface area contributed by atoms with Crippen molar-refractivity contribution in [3.8, 4) is 29.5 Å². The normalized spacial score (nSPS) is 26.1. The topological polar surface area (TPSA) is 79.5 Å². The minimum atomic E-state index is -0.911. The molecule has 11 heteroatoms. The zero-order valence-electron chi connectivity index (χ0n) is 24.6. The van der Waals surface area contributed by atoms with Crippen molar-refractivity contribution in [3.63, 3.8) is 0 Å². The van der Waals surface area contributed by atoms with E-state index in [4.69, 9.17) is 33.5 Å². The van der Waals surface area contributed by atoms with Crippen molar-refractivity contribution in [1.29, 1.82) is 0 Å². The van der Waals surface area contributed by atoms with Crippen LogP contribution in [0.2, 0.25) is 5.02 Å². The molecule has 0 saturated carbocycles. The highest BCUT2D eigenvalue weighted by molar-refractivity contribution is 6.35. The average molecular weight is 633 g/mol. The number of anilines is 2. The molecule has 4 aromatic rings. The van der Waals surface area contributed by atoms with Gasteiger partial charge in [0.1, 0.15) is 29.9 Å². The minimum absolute atomic E-state index is 0.00939. The third-order valence-electron chi connectivity index (χ3n) is 10.1.